The molecule has 0 bridgehead atoms. The van der Waals surface area contributed by atoms with Gasteiger partial charge in [0.1, 0.15) is 10.6 Å². The quantitative estimate of drug-likeness (QED) is 0.764. The highest BCUT2D eigenvalue weighted by Crippen LogP contribution is 2.24. The molecule has 0 atom stereocenters. The summed E-state index contributed by atoms with van der Waals surface area (Å²) < 4.78 is 29.2. The van der Waals surface area contributed by atoms with Crippen LogP contribution in [0.4, 0.5) is 0 Å². The van der Waals surface area contributed by atoms with Gasteiger partial charge in [-0.25, -0.2) is 13.4 Å². The van der Waals surface area contributed by atoms with Gasteiger partial charge in [-0.3, -0.25) is 14.5 Å². The molecule has 0 N–H and O–H groups in total. The van der Waals surface area contributed by atoms with Gasteiger partial charge in [-0.05, 0) is 20.3 Å². The zero-order valence-corrected chi connectivity index (χ0v) is 15.9. The van der Waals surface area contributed by atoms with Gasteiger partial charge in [0.2, 0.25) is 10.0 Å². The normalized spacial score (nSPS) is 16.5. The Hall–Kier alpha value is -2.33. The smallest absolute Gasteiger partial charge is 0.274 e. The molecule has 0 aromatic carbocycles. The predicted octanol–water partition coefficient (Wildman–Crippen LogP) is 0.364. The van der Waals surface area contributed by atoms with Gasteiger partial charge >= 0.3 is 0 Å². The summed E-state index contributed by atoms with van der Waals surface area (Å²) in [6.45, 7) is 4.83. The van der Waals surface area contributed by atoms with E-state index in [4.69, 9.17) is 0 Å². The van der Waals surface area contributed by atoms with Crippen molar-refractivity contribution in [2.75, 3.05) is 26.2 Å². The molecular formula is C16H22N6O3S. The minimum Gasteiger partial charge on any atom is -0.336 e. The summed E-state index contributed by atoms with van der Waals surface area (Å²) in [5, 5.41) is 4.21. The van der Waals surface area contributed by atoms with Gasteiger partial charge in [0.05, 0.1) is 17.6 Å². The number of hydrogen-bond acceptors (Lipinski definition) is 6. The predicted molar refractivity (Wildman–Crippen MR) is 94.0 cm³/mol. The van der Waals surface area contributed by atoms with Crippen LogP contribution in [-0.4, -0.2) is 69.5 Å². The third-order valence-corrected chi connectivity index (χ3v) is 6.72. The molecule has 3 heterocycles. The van der Waals surface area contributed by atoms with Crippen LogP contribution in [0.1, 0.15) is 28.3 Å². The molecule has 1 amide bonds. The third kappa shape index (κ3) is 3.34. The van der Waals surface area contributed by atoms with E-state index in [2.05, 4.69) is 15.1 Å². The average molecular weight is 378 g/mol. The largest absolute Gasteiger partial charge is 0.336 e. The van der Waals surface area contributed by atoms with Gasteiger partial charge in [0, 0.05) is 45.6 Å². The van der Waals surface area contributed by atoms with Crippen molar-refractivity contribution in [2.24, 2.45) is 7.05 Å². The van der Waals surface area contributed by atoms with Gasteiger partial charge in [-0.15, -0.1) is 0 Å². The minimum atomic E-state index is -3.66. The number of sulfonamides is 1. The van der Waals surface area contributed by atoms with Crippen molar-refractivity contribution in [3.05, 3.63) is 35.7 Å². The minimum absolute atomic E-state index is 0.230. The van der Waals surface area contributed by atoms with Crippen LogP contribution < -0.4 is 0 Å². The lowest BCUT2D eigenvalue weighted by molar-refractivity contribution is 0.0758. The Morgan fingerprint density at radius 2 is 1.88 bits per heavy atom. The number of rotatable bonds is 3. The number of aryl methyl sites for hydroxylation is 2. The number of aromatic nitrogens is 4. The van der Waals surface area contributed by atoms with Crippen molar-refractivity contribution in [3.63, 3.8) is 0 Å². The zero-order valence-electron chi connectivity index (χ0n) is 15.1. The highest BCUT2D eigenvalue weighted by molar-refractivity contribution is 7.89. The maximum atomic E-state index is 13.1. The first-order valence-corrected chi connectivity index (χ1v) is 9.82. The van der Waals surface area contributed by atoms with E-state index < -0.39 is 10.0 Å². The Kier molecular flexibility index (Phi) is 5.05. The van der Waals surface area contributed by atoms with E-state index in [0.29, 0.717) is 37.4 Å². The summed E-state index contributed by atoms with van der Waals surface area (Å²) in [6.07, 6.45) is 4.95. The van der Waals surface area contributed by atoms with E-state index in [1.54, 1.807) is 30.5 Å². The lowest BCUT2D eigenvalue weighted by Gasteiger charge is -2.21. The molecule has 2 aromatic heterocycles. The lowest BCUT2D eigenvalue weighted by Crippen LogP contribution is -2.38. The van der Waals surface area contributed by atoms with E-state index in [-0.39, 0.29) is 23.0 Å². The molecule has 0 spiro atoms. The van der Waals surface area contributed by atoms with Crippen molar-refractivity contribution < 1.29 is 13.2 Å². The molecule has 1 fully saturated rings. The number of carbonyl (C=O) groups excluding carboxylic acids is 1. The maximum absolute atomic E-state index is 13.1. The molecule has 1 aliphatic heterocycles. The van der Waals surface area contributed by atoms with Crippen molar-refractivity contribution in [3.8, 4) is 0 Å². The summed E-state index contributed by atoms with van der Waals surface area (Å²) in [4.78, 5) is 22.4. The van der Waals surface area contributed by atoms with Crippen molar-refractivity contribution >= 4 is 15.9 Å². The fraction of sp³-hybridized carbons (Fsp3) is 0.500. The van der Waals surface area contributed by atoms with Crippen molar-refractivity contribution in [1.29, 1.82) is 0 Å². The number of nitrogens with zero attached hydrogens (tertiary/aromatic N) is 6. The molecule has 1 saturated heterocycles. The summed E-state index contributed by atoms with van der Waals surface area (Å²) in [5.74, 6) is -0.230. The molecule has 0 unspecified atom stereocenters. The Morgan fingerprint density at radius 1 is 1.12 bits per heavy atom. The Morgan fingerprint density at radius 3 is 2.50 bits per heavy atom. The van der Waals surface area contributed by atoms with Crippen LogP contribution in [0.25, 0.3) is 0 Å². The molecular weight excluding hydrogens is 356 g/mol. The fourth-order valence-electron chi connectivity index (χ4n) is 3.17. The first-order chi connectivity index (χ1) is 12.3. The molecule has 3 rings (SSSR count). The average Bonchev–Trinajstić information content (AvgIpc) is 2.81. The van der Waals surface area contributed by atoms with Crippen LogP contribution in [0, 0.1) is 13.8 Å². The second-order valence-electron chi connectivity index (χ2n) is 6.26. The standard InChI is InChI=1S/C16H22N6O3S/c1-12-15(13(2)20(3)19-12)26(24,25)22-8-4-7-21(9-10-22)16(23)14-11-17-5-6-18-14/h5-6,11H,4,7-10H2,1-3H3. The van der Waals surface area contributed by atoms with E-state index >= 15 is 0 Å². The van der Waals surface area contributed by atoms with Crippen molar-refractivity contribution in [1.82, 2.24) is 29.0 Å². The lowest BCUT2D eigenvalue weighted by atomic mass is 10.3. The van der Waals surface area contributed by atoms with Gasteiger partial charge < -0.3 is 4.90 Å². The van der Waals surface area contributed by atoms with Crippen molar-refractivity contribution in [2.45, 2.75) is 25.2 Å². The molecule has 26 heavy (non-hydrogen) atoms. The number of hydrogen-bond donors (Lipinski definition) is 0. The Balaban J connectivity index is 1.79. The molecule has 0 aliphatic carbocycles. The highest BCUT2D eigenvalue weighted by atomic mass is 32.2. The Bertz CT molecular complexity index is 910. The number of carbonyl (C=O) groups is 1. The zero-order chi connectivity index (χ0) is 18.9. The summed E-state index contributed by atoms with van der Waals surface area (Å²) in [5.41, 5.74) is 1.36. The molecule has 9 nitrogen and oxygen atoms in total. The second kappa shape index (κ2) is 7.12. The van der Waals surface area contributed by atoms with Crippen LogP contribution in [0.3, 0.4) is 0 Å². The third-order valence-electron chi connectivity index (χ3n) is 4.56. The molecule has 10 heteroatoms. The van der Waals surface area contributed by atoms with E-state index in [1.807, 2.05) is 0 Å². The molecule has 2 aromatic rings. The van der Waals surface area contributed by atoms with Crippen LogP contribution in [-0.2, 0) is 17.1 Å². The summed E-state index contributed by atoms with van der Waals surface area (Å²) >= 11 is 0. The van der Waals surface area contributed by atoms with E-state index in [9.17, 15) is 13.2 Å². The van der Waals surface area contributed by atoms with E-state index in [1.165, 1.54) is 22.9 Å². The molecule has 1 aliphatic rings. The molecule has 0 radical (unpaired) electrons. The fourth-order valence-corrected chi connectivity index (χ4v) is 5.03. The highest BCUT2D eigenvalue weighted by Gasteiger charge is 2.32. The van der Waals surface area contributed by atoms with Crippen LogP contribution in [0.5, 0.6) is 0 Å². The van der Waals surface area contributed by atoms with E-state index in [0.717, 1.165) is 0 Å². The SMILES string of the molecule is Cc1nn(C)c(C)c1S(=O)(=O)N1CCCN(C(=O)c2cnccn2)CC1. The van der Waals surface area contributed by atoms with Gasteiger partial charge in [0.15, 0.2) is 0 Å². The van der Waals surface area contributed by atoms with Gasteiger partial charge in [0.25, 0.3) is 5.91 Å². The first-order valence-electron chi connectivity index (χ1n) is 8.38. The summed E-state index contributed by atoms with van der Waals surface area (Å²) in [6, 6.07) is 0. The molecule has 140 valence electrons. The van der Waals surface area contributed by atoms with Gasteiger partial charge in [-0.1, -0.05) is 0 Å². The van der Waals surface area contributed by atoms with Gasteiger partial charge in [-0.2, -0.15) is 9.40 Å². The summed E-state index contributed by atoms with van der Waals surface area (Å²) in [7, 11) is -1.93. The van der Waals surface area contributed by atoms with Crippen LogP contribution in [0.2, 0.25) is 0 Å². The number of amides is 1. The first kappa shape index (κ1) is 18.5. The molecule has 0 saturated carbocycles. The van der Waals surface area contributed by atoms with Crippen LogP contribution in [0.15, 0.2) is 23.5 Å². The Labute approximate surface area is 152 Å². The maximum Gasteiger partial charge on any atom is 0.274 e. The monoisotopic (exact) mass is 378 g/mol. The topological polar surface area (TPSA) is 101 Å². The van der Waals surface area contributed by atoms with Crippen LogP contribution >= 0.6 is 0 Å². The second-order valence-corrected chi connectivity index (χ2v) is 8.14.